The van der Waals surface area contributed by atoms with Crippen LogP contribution < -0.4 is 9.64 Å². The van der Waals surface area contributed by atoms with Gasteiger partial charge in [-0.3, -0.25) is 10.1 Å². The second-order valence-electron chi connectivity index (χ2n) is 5.80. The molecule has 0 amide bonds. The molecule has 0 atom stereocenters. The molecule has 9 heteroatoms. The van der Waals surface area contributed by atoms with E-state index >= 15 is 0 Å². The van der Waals surface area contributed by atoms with Gasteiger partial charge in [0.05, 0.1) is 18.3 Å². The molecule has 2 rings (SSSR count). The lowest BCUT2D eigenvalue weighted by atomic mass is 10.0. The largest absolute Gasteiger partial charge is 0.490 e. The number of nitro benzene ring substituents is 1. The van der Waals surface area contributed by atoms with Gasteiger partial charge in [0.2, 0.25) is 10.0 Å². The van der Waals surface area contributed by atoms with Crippen LogP contribution in [-0.4, -0.2) is 56.7 Å². The lowest BCUT2D eigenvalue weighted by Gasteiger charge is -2.38. The van der Waals surface area contributed by atoms with Crippen molar-refractivity contribution in [3.8, 4) is 5.75 Å². The Labute approximate surface area is 142 Å². The summed E-state index contributed by atoms with van der Waals surface area (Å²) in [7, 11) is -1.80. The standard InChI is InChI=1S/C15H23N3O5S/c1-4-17(24(3,21)22)12-7-9-16(10-8-12)13-5-6-14(18(19)20)15(11-13)23-2/h5-6,11-12H,4,7-10H2,1-3H3. The number of sulfonamides is 1. The Hall–Kier alpha value is -1.87. The normalized spacial score (nSPS) is 16.4. The molecule has 0 aliphatic carbocycles. The Morgan fingerprint density at radius 3 is 2.46 bits per heavy atom. The zero-order valence-electron chi connectivity index (χ0n) is 14.1. The van der Waals surface area contributed by atoms with Crippen LogP contribution in [0, 0.1) is 10.1 Å². The fourth-order valence-electron chi connectivity index (χ4n) is 3.19. The molecule has 8 nitrogen and oxygen atoms in total. The SMILES string of the molecule is CCN(C1CCN(c2ccc([N+](=O)[O-])c(OC)c2)CC1)S(C)(=O)=O. The number of ether oxygens (including phenoxy) is 1. The van der Waals surface area contributed by atoms with Gasteiger partial charge in [-0.2, -0.15) is 4.31 Å². The smallest absolute Gasteiger partial charge is 0.311 e. The van der Waals surface area contributed by atoms with Gasteiger partial charge in [-0.15, -0.1) is 0 Å². The van der Waals surface area contributed by atoms with Crippen LogP contribution in [0.15, 0.2) is 18.2 Å². The van der Waals surface area contributed by atoms with Crippen molar-refractivity contribution in [2.45, 2.75) is 25.8 Å². The number of anilines is 1. The minimum Gasteiger partial charge on any atom is -0.490 e. The third kappa shape index (κ3) is 3.96. The van der Waals surface area contributed by atoms with Crippen LogP contribution in [0.5, 0.6) is 5.75 Å². The molecule has 134 valence electrons. The molecule has 1 aromatic carbocycles. The zero-order valence-corrected chi connectivity index (χ0v) is 15.0. The highest BCUT2D eigenvalue weighted by Gasteiger charge is 2.29. The summed E-state index contributed by atoms with van der Waals surface area (Å²) in [5, 5.41) is 11.0. The number of nitro groups is 1. The minimum absolute atomic E-state index is 0.00111. The number of methoxy groups -OCH3 is 1. The number of rotatable bonds is 6. The van der Waals surface area contributed by atoms with E-state index in [1.807, 2.05) is 6.92 Å². The summed E-state index contributed by atoms with van der Waals surface area (Å²) in [5.74, 6) is 0.228. The van der Waals surface area contributed by atoms with Crippen LogP contribution >= 0.6 is 0 Å². The molecule has 0 bridgehead atoms. The van der Waals surface area contributed by atoms with E-state index in [-0.39, 0.29) is 17.5 Å². The highest BCUT2D eigenvalue weighted by Crippen LogP contribution is 2.33. The monoisotopic (exact) mass is 357 g/mol. The zero-order chi connectivity index (χ0) is 17.9. The molecule has 1 fully saturated rings. The number of hydrogen-bond donors (Lipinski definition) is 0. The Morgan fingerprint density at radius 2 is 2.00 bits per heavy atom. The van der Waals surface area contributed by atoms with Gasteiger partial charge in [0, 0.05) is 43.5 Å². The van der Waals surface area contributed by atoms with E-state index in [0.29, 0.717) is 19.6 Å². The number of nitrogens with zero attached hydrogens (tertiary/aromatic N) is 3. The quantitative estimate of drug-likeness (QED) is 0.570. The van der Waals surface area contributed by atoms with Gasteiger partial charge in [0.1, 0.15) is 0 Å². The van der Waals surface area contributed by atoms with Crippen LogP contribution in [0.3, 0.4) is 0 Å². The van der Waals surface area contributed by atoms with Gasteiger partial charge >= 0.3 is 5.69 Å². The summed E-state index contributed by atoms with van der Waals surface area (Å²) in [6, 6.07) is 4.80. The molecule has 24 heavy (non-hydrogen) atoms. The van der Waals surface area contributed by atoms with Crippen LogP contribution in [0.1, 0.15) is 19.8 Å². The molecule has 1 saturated heterocycles. The summed E-state index contributed by atoms with van der Waals surface area (Å²) in [4.78, 5) is 12.6. The van der Waals surface area contributed by atoms with Crippen LogP contribution in [-0.2, 0) is 10.0 Å². The third-order valence-electron chi connectivity index (χ3n) is 4.33. The third-order valence-corrected chi connectivity index (χ3v) is 5.74. The van der Waals surface area contributed by atoms with Gasteiger partial charge in [0.25, 0.3) is 0 Å². The summed E-state index contributed by atoms with van der Waals surface area (Å²) < 4.78 is 30.3. The molecule has 0 spiro atoms. The Kier molecular flexibility index (Phi) is 5.66. The summed E-state index contributed by atoms with van der Waals surface area (Å²) in [6.45, 7) is 3.69. The average molecular weight is 357 g/mol. The topological polar surface area (TPSA) is 93.0 Å². The molecule has 1 aromatic rings. The second kappa shape index (κ2) is 7.35. The molecule has 0 aromatic heterocycles. The average Bonchev–Trinajstić information content (AvgIpc) is 2.54. The minimum atomic E-state index is -3.20. The predicted molar refractivity (Wildman–Crippen MR) is 92.1 cm³/mol. The van der Waals surface area contributed by atoms with E-state index in [1.165, 1.54) is 19.4 Å². The maximum Gasteiger partial charge on any atom is 0.311 e. The molecule has 1 aliphatic heterocycles. The molecule has 0 saturated carbocycles. The van der Waals surface area contributed by atoms with Gasteiger partial charge < -0.3 is 9.64 Å². The van der Waals surface area contributed by atoms with Crippen molar-refractivity contribution in [3.05, 3.63) is 28.3 Å². The van der Waals surface area contributed by atoms with E-state index in [9.17, 15) is 18.5 Å². The van der Waals surface area contributed by atoms with Gasteiger partial charge in [-0.25, -0.2) is 8.42 Å². The Bertz CT molecular complexity index is 699. The molecular weight excluding hydrogens is 334 g/mol. The second-order valence-corrected chi connectivity index (χ2v) is 7.73. The van der Waals surface area contributed by atoms with Crippen molar-refractivity contribution in [1.82, 2.24) is 4.31 Å². The number of benzene rings is 1. The molecule has 0 unspecified atom stereocenters. The van der Waals surface area contributed by atoms with Crippen molar-refractivity contribution in [2.24, 2.45) is 0 Å². The first-order chi connectivity index (χ1) is 11.3. The van der Waals surface area contributed by atoms with Gasteiger partial charge in [0.15, 0.2) is 5.75 Å². The maximum absolute atomic E-state index is 11.8. The fourth-order valence-corrected chi connectivity index (χ4v) is 4.41. The predicted octanol–water partition coefficient (Wildman–Crippen LogP) is 1.85. The van der Waals surface area contributed by atoms with E-state index < -0.39 is 14.9 Å². The molecule has 1 aliphatic rings. The highest BCUT2D eigenvalue weighted by molar-refractivity contribution is 7.88. The first-order valence-corrected chi connectivity index (χ1v) is 9.67. The first-order valence-electron chi connectivity index (χ1n) is 7.82. The number of hydrogen-bond acceptors (Lipinski definition) is 6. The Morgan fingerprint density at radius 1 is 1.38 bits per heavy atom. The van der Waals surface area contributed by atoms with E-state index in [0.717, 1.165) is 18.5 Å². The maximum atomic E-state index is 11.8. The van der Waals surface area contributed by atoms with E-state index in [1.54, 1.807) is 16.4 Å². The van der Waals surface area contributed by atoms with Crippen molar-refractivity contribution in [1.29, 1.82) is 0 Å². The van der Waals surface area contributed by atoms with Crippen molar-refractivity contribution in [2.75, 3.05) is 37.9 Å². The lowest BCUT2D eigenvalue weighted by Crippen LogP contribution is -2.47. The highest BCUT2D eigenvalue weighted by atomic mass is 32.2. The molecular formula is C15H23N3O5S. The fraction of sp³-hybridized carbons (Fsp3) is 0.600. The molecule has 0 radical (unpaired) electrons. The van der Waals surface area contributed by atoms with Crippen LogP contribution in [0.25, 0.3) is 0 Å². The molecule has 1 heterocycles. The van der Waals surface area contributed by atoms with Crippen molar-refractivity contribution >= 4 is 21.4 Å². The van der Waals surface area contributed by atoms with Gasteiger partial charge in [-0.1, -0.05) is 6.92 Å². The van der Waals surface area contributed by atoms with E-state index in [4.69, 9.17) is 4.74 Å². The summed E-state index contributed by atoms with van der Waals surface area (Å²) in [5.41, 5.74) is 0.781. The van der Waals surface area contributed by atoms with Crippen molar-refractivity contribution < 1.29 is 18.1 Å². The van der Waals surface area contributed by atoms with Crippen LogP contribution in [0.2, 0.25) is 0 Å². The van der Waals surface area contributed by atoms with Crippen molar-refractivity contribution in [3.63, 3.8) is 0 Å². The Balaban J connectivity index is 2.11. The molecule has 0 N–H and O–H groups in total. The van der Waals surface area contributed by atoms with Gasteiger partial charge in [-0.05, 0) is 18.9 Å². The number of piperidine rings is 1. The summed E-state index contributed by atoms with van der Waals surface area (Å²) >= 11 is 0. The first kappa shape index (κ1) is 18.5. The lowest BCUT2D eigenvalue weighted by molar-refractivity contribution is -0.385. The van der Waals surface area contributed by atoms with E-state index in [2.05, 4.69) is 4.90 Å². The summed E-state index contributed by atoms with van der Waals surface area (Å²) in [6.07, 6.45) is 2.69. The van der Waals surface area contributed by atoms with Crippen LogP contribution in [0.4, 0.5) is 11.4 Å².